The number of carbonyl (C=O) groups is 1. The van der Waals surface area contributed by atoms with E-state index >= 15 is 0 Å². The molecule has 0 aliphatic heterocycles. The molecule has 1 amide bonds. The van der Waals surface area contributed by atoms with Crippen LogP contribution in [-0.4, -0.2) is 42.4 Å². The monoisotopic (exact) mass is 173 g/mol. The van der Waals surface area contributed by atoms with Crippen molar-refractivity contribution in [2.45, 2.75) is 6.92 Å². The molecule has 0 radical (unpaired) electrons. The van der Waals surface area contributed by atoms with Gasteiger partial charge in [0.25, 0.3) is 0 Å². The normalized spacial score (nSPS) is 9.17. The number of aliphatic hydroxyl groups is 1. The van der Waals surface area contributed by atoms with Crippen molar-refractivity contribution in [2.75, 3.05) is 26.3 Å². The highest BCUT2D eigenvalue weighted by Crippen LogP contribution is 1.93. The van der Waals surface area contributed by atoms with Gasteiger partial charge in [0.1, 0.15) is 6.61 Å². The molecule has 0 aromatic carbocycles. The van der Waals surface area contributed by atoms with Crippen LogP contribution in [0.4, 0.5) is 4.79 Å². The van der Waals surface area contributed by atoms with E-state index in [0.29, 0.717) is 13.1 Å². The first-order chi connectivity index (χ1) is 5.76. The largest absolute Gasteiger partial charge is 0.447 e. The summed E-state index contributed by atoms with van der Waals surface area (Å²) in [6, 6.07) is 0. The van der Waals surface area contributed by atoms with E-state index in [1.807, 2.05) is 6.92 Å². The Bertz CT molecular complexity index is 147. The standard InChI is InChI=1S/C8H15NO3/c1-3-5-9(4-2)8(11)12-7-6-10/h3,10H,1,4-7H2,2H3. The molecule has 12 heavy (non-hydrogen) atoms. The molecule has 0 fully saturated rings. The Morgan fingerprint density at radius 2 is 2.42 bits per heavy atom. The number of aliphatic hydroxyl groups excluding tert-OH is 1. The smallest absolute Gasteiger partial charge is 0.410 e. The molecule has 70 valence electrons. The number of amides is 1. The number of carbonyl (C=O) groups excluding carboxylic acids is 1. The minimum atomic E-state index is -0.411. The zero-order valence-electron chi connectivity index (χ0n) is 7.32. The number of nitrogens with zero attached hydrogens (tertiary/aromatic N) is 1. The second kappa shape index (κ2) is 6.67. The van der Waals surface area contributed by atoms with Gasteiger partial charge < -0.3 is 14.7 Å². The van der Waals surface area contributed by atoms with Gasteiger partial charge in [-0.25, -0.2) is 4.79 Å². The van der Waals surface area contributed by atoms with E-state index in [1.165, 1.54) is 4.90 Å². The Hall–Kier alpha value is -1.03. The van der Waals surface area contributed by atoms with Gasteiger partial charge in [0, 0.05) is 13.1 Å². The molecule has 0 heterocycles. The first kappa shape index (κ1) is 11.0. The summed E-state index contributed by atoms with van der Waals surface area (Å²) in [5.74, 6) is 0. The van der Waals surface area contributed by atoms with Crippen LogP contribution < -0.4 is 0 Å². The Labute approximate surface area is 72.4 Å². The van der Waals surface area contributed by atoms with Crippen molar-refractivity contribution < 1.29 is 14.6 Å². The second-order valence-corrected chi connectivity index (χ2v) is 2.17. The molecule has 0 atom stereocenters. The van der Waals surface area contributed by atoms with Gasteiger partial charge in [-0.1, -0.05) is 6.08 Å². The van der Waals surface area contributed by atoms with Crippen LogP contribution in [0.15, 0.2) is 12.7 Å². The Morgan fingerprint density at radius 3 is 2.83 bits per heavy atom. The van der Waals surface area contributed by atoms with Crippen LogP contribution in [-0.2, 0) is 4.74 Å². The van der Waals surface area contributed by atoms with Crippen molar-refractivity contribution in [3.63, 3.8) is 0 Å². The van der Waals surface area contributed by atoms with Crippen molar-refractivity contribution >= 4 is 6.09 Å². The van der Waals surface area contributed by atoms with Crippen molar-refractivity contribution in [2.24, 2.45) is 0 Å². The van der Waals surface area contributed by atoms with Crippen molar-refractivity contribution in [3.8, 4) is 0 Å². The van der Waals surface area contributed by atoms with E-state index in [4.69, 9.17) is 5.11 Å². The molecule has 0 aromatic rings. The molecule has 0 rings (SSSR count). The first-order valence-corrected chi connectivity index (χ1v) is 3.89. The highest BCUT2D eigenvalue weighted by molar-refractivity contribution is 5.67. The molecule has 0 aliphatic rings. The zero-order valence-corrected chi connectivity index (χ0v) is 7.32. The quantitative estimate of drug-likeness (QED) is 0.620. The van der Waals surface area contributed by atoms with Gasteiger partial charge in [0.05, 0.1) is 6.61 Å². The fourth-order valence-corrected chi connectivity index (χ4v) is 0.713. The third-order valence-corrected chi connectivity index (χ3v) is 1.31. The highest BCUT2D eigenvalue weighted by Gasteiger charge is 2.09. The van der Waals surface area contributed by atoms with Crippen LogP contribution in [0.25, 0.3) is 0 Å². The maximum Gasteiger partial charge on any atom is 0.410 e. The summed E-state index contributed by atoms with van der Waals surface area (Å²) in [6.45, 7) is 6.32. The van der Waals surface area contributed by atoms with E-state index in [2.05, 4.69) is 11.3 Å². The molecule has 0 saturated heterocycles. The average Bonchev–Trinajstić information content (AvgIpc) is 2.10. The van der Waals surface area contributed by atoms with Crippen LogP contribution in [0.2, 0.25) is 0 Å². The van der Waals surface area contributed by atoms with Crippen molar-refractivity contribution in [3.05, 3.63) is 12.7 Å². The maximum absolute atomic E-state index is 11.1. The number of rotatable bonds is 5. The summed E-state index contributed by atoms with van der Waals surface area (Å²) in [6.07, 6.45) is 1.22. The summed E-state index contributed by atoms with van der Waals surface area (Å²) in [7, 11) is 0. The summed E-state index contributed by atoms with van der Waals surface area (Å²) < 4.78 is 4.69. The molecular formula is C8H15NO3. The van der Waals surface area contributed by atoms with Crippen LogP contribution in [0.3, 0.4) is 0 Å². The summed E-state index contributed by atoms with van der Waals surface area (Å²) in [4.78, 5) is 12.6. The molecule has 0 aromatic heterocycles. The minimum absolute atomic E-state index is 0.0481. The maximum atomic E-state index is 11.1. The third-order valence-electron chi connectivity index (χ3n) is 1.31. The lowest BCUT2D eigenvalue weighted by Gasteiger charge is -2.17. The topological polar surface area (TPSA) is 49.8 Å². The van der Waals surface area contributed by atoms with Crippen LogP contribution in [0, 0.1) is 0 Å². The van der Waals surface area contributed by atoms with E-state index in [0.717, 1.165) is 0 Å². The summed E-state index contributed by atoms with van der Waals surface area (Å²) in [5.41, 5.74) is 0. The van der Waals surface area contributed by atoms with Gasteiger partial charge in [-0.15, -0.1) is 6.58 Å². The predicted molar refractivity (Wildman–Crippen MR) is 45.9 cm³/mol. The van der Waals surface area contributed by atoms with Crippen LogP contribution >= 0.6 is 0 Å². The molecule has 0 spiro atoms. The van der Waals surface area contributed by atoms with Crippen molar-refractivity contribution in [1.29, 1.82) is 0 Å². The third kappa shape index (κ3) is 3.98. The number of hydrogen-bond donors (Lipinski definition) is 1. The number of ether oxygens (including phenoxy) is 1. The lowest BCUT2D eigenvalue weighted by atomic mass is 10.5. The molecule has 0 unspecified atom stereocenters. The molecule has 1 N–H and O–H groups in total. The van der Waals surface area contributed by atoms with Gasteiger partial charge in [-0.2, -0.15) is 0 Å². The van der Waals surface area contributed by atoms with Gasteiger partial charge in [-0.3, -0.25) is 0 Å². The fourth-order valence-electron chi connectivity index (χ4n) is 0.713. The van der Waals surface area contributed by atoms with E-state index in [9.17, 15) is 4.79 Å². The molecule has 4 nitrogen and oxygen atoms in total. The van der Waals surface area contributed by atoms with Crippen LogP contribution in [0.1, 0.15) is 6.92 Å². The lowest BCUT2D eigenvalue weighted by Crippen LogP contribution is -2.32. The average molecular weight is 173 g/mol. The Kier molecular flexibility index (Phi) is 6.09. The predicted octanol–water partition coefficient (Wildman–Crippen LogP) is 0.623. The SMILES string of the molecule is C=CCN(CC)C(=O)OCCO. The van der Waals surface area contributed by atoms with Crippen molar-refractivity contribution in [1.82, 2.24) is 4.90 Å². The van der Waals surface area contributed by atoms with Crippen LogP contribution in [0.5, 0.6) is 0 Å². The number of likely N-dealkylation sites (N-methyl/N-ethyl adjacent to an activating group) is 1. The molecule has 4 heteroatoms. The Morgan fingerprint density at radius 1 is 1.75 bits per heavy atom. The zero-order chi connectivity index (χ0) is 9.40. The number of hydrogen-bond acceptors (Lipinski definition) is 3. The molecule has 0 aliphatic carbocycles. The molecule has 0 bridgehead atoms. The minimum Gasteiger partial charge on any atom is -0.447 e. The van der Waals surface area contributed by atoms with Gasteiger partial charge >= 0.3 is 6.09 Å². The molecular weight excluding hydrogens is 158 g/mol. The first-order valence-electron chi connectivity index (χ1n) is 3.89. The summed E-state index contributed by atoms with van der Waals surface area (Å²) >= 11 is 0. The van der Waals surface area contributed by atoms with E-state index in [1.54, 1.807) is 6.08 Å². The lowest BCUT2D eigenvalue weighted by molar-refractivity contribution is 0.0888. The Balaban J connectivity index is 3.76. The van der Waals surface area contributed by atoms with E-state index < -0.39 is 6.09 Å². The second-order valence-electron chi connectivity index (χ2n) is 2.17. The fraction of sp³-hybridized carbons (Fsp3) is 0.625. The van der Waals surface area contributed by atoms with E-state index in [-0.39, 0.29) is 13.2 Å². The van der Waals surface area contributed by atoms with Gasteiger partial charge in [0.15, 0.2) is 0 Å². The molecule has 0 saturated carbocycles. The van der Waals surface area contributed by atoms with Gasteiger partial charge in [0.2, 0.25) is 0 Å². The highest BCUT2D eigenvalue weighted by atomic mass is 16.6. The summed E-state index contributed by atoms with van der Waals surface area (Å²) in [5, 5.41) is 8.38. The van der Waals surface area contributed by atoms with Gasteiger partial charge in [-0.05, 0) is 6.92 Å².